The van der Waals surface area contributed by atoms with E-state index in [1.807, 2.05) is 0 Å². The van der Waals surface area contributed by atoms with Gasteiger partial charge in [-0.3, -0.25) is 19.4 Å². The van der Waals surface area contributed by atoms with Gasteiger partial charge >= 0.3 is 12.1 Å². The predicted molar refractivity (Wildman–Crippen MR) is 215 cm³/mol. The van der Waals surface area contributed by atoms with Gasteiger partial charge in [-0.1, -0.05) is 70.7 Å². The number of carbonyl (C=O) groups excluding carboxylic acids is 4. The van der Waals surface area contributed by atoms with Crippen LogP contribution in [-0.2, 0) is 9.59 Å². The van der Waals surface area contributed by atoms with E-state index in [1.54, 1.807) is 62.6 Å². The minimum atomic E-state index is -1.37. The molecular weight excluding hydrogens is 810 g/mol. The Balaban J connectivity index is 1.17. The Morgan fingerprint density at radius 1 is 0.579 bits per heavy atom. The molecule has 0 saturated carbocycles. The van der Waals surface area contributed by atoms with Crippen LogP contribution in [0.15, 0.2) is 84.9 Å². The number of nitriles is 2. The fourth-order valence-corrected chi connectivity index (χ4v) is 10.1. The molecule has 16 heteroatoms. The molecule has 288 valence electrons. The zero-order valence-corrected chi connectivity index (χ0v) is 33.5. The maximum absolute atomic E-state index is 14.8. The molecule has 8 rings (SSSR count). The molecule has 4 saturated heterocycles. The van der Waals surface area contributed by atoms with Crippen LogP contribution in [-0.4, -0.2) is 101 Å². The molecule has 0 N–H and O–H groups in total. The highest BCUT2D eigenvalue weighted by atomic mass is 35.5. The molecule has 4 aromatic rings. The zero-order valence-electron chi connectivity index (χ0n) is 30.5. The maximum atomic E-state index is 14.8. The third kappa shape index (κ3) is 6.11. The Hall–Kier alpha value is -5.18. The molecule has 0 radical (unpaired) electrons. The number of imide groups is 2. The molecule has 0 bridgehead atoms. The van der Waals surface area contributed by atoms with Crippen LogP contribution in [0.1, 0.15) is 34.1 Å². The molecule has 4 aliphatic heterocycles. The van der Waals surface area contributed by atoms with Crippen molar-refractivity contribution in [3.63, 3.8) is 0 Å². The van der Waals surface area contributed by atoms with Crippen LogP contribution in [0.5, 0.6) is 0 Å². The molecule has 1 unspecified atom stereocenters. The van der Waals surface area contributed by atoms with Gasteiger partial charge in [0.1, 0.15) is 11.1 Å². The molecule has 2 spiro atoms. The number of anilines is 2. The summed E-state index contributed by atoms with van der Waals surface area (Å²) in [5, 5.41) is 20.1. The average Bonchev–Trinajstić information content (AvgIpc) is 3.86. The van der Waals surface area contributed by atoms with Crippen molar-refractivity contribution >= 4 is 81.7 Å². The van der Waals surface area contributed by atoms with Crippen molar-refractivity contribution in [2.75, 3.05) is 56.7 Å². The van der Waals surface area contributed by atoms with Crippen molar-refractivity contribution in [2.24, 2.45) is 0 Å². The molecule has 12 nitrogen and oxygen atoms in total. The van der Waals surface area contributed by atoms with Gasteiger partial charge in [-0.2, -0.15) is 10.5 Å². The van der Waals surface area contributed by atoms with E-state index in [9.17, 15) is 29.7 Å². The van der Waals surface area contributed by atoms with Crippen LogP contribution in [0.2, 0.25) is 20.1 Å². The molecular formula is C41H32Cl4N8O4. The highest BCUT2D eigenvalue weighted by Gasteiger charge is 2.67. The topological polar surface area (TPSA) is 135 Å². The van der Waals surface area contributed by atoms with Crippen molar-refractivity contribution in [3.05, 3.63) is 127 Å². The number of likely N-dealkylation sites (N-methyl/N-ethyl adjacent to an activating group) is 2. The summed E-state index contributed by atoms with van der Waals surface area (Å²) >= 11 is 25.3. The summed E-state index contributed by atoms with van der Waals surface area (Å²) in [6.45, 7) is 1.19. The third-order valence-electron chi connectivity index (χ3n) is 11.8. The van der Waals surface area contributed by atoms with Crippen LogP contribution >= 0.6 is 46.4 Å². The Bertz CT molecular complexity index is 2240. The van der Waals surface area contributed by atoms with Gasteiger partial charge in [0, 0.05) is 72.2 Å². The van der Waals surface area contributed by atoms with Crippen molar-refractivity contribution in [1.29, 1.82) is 10.5 Å². The largest absolute Gasteiger partial charge is 0.332 e. The molecule has 4 fully saturated rings. The Kier molecular flexibility index (Phi) is 9.73. The number of urea groups is 2. The normalized spacial score (nSPS) is 25.1. The first-order chi connectivity index (χ1) is 27.2. The first-order valence-electron chi connectivity index (χ1n) is 17.8. The second-order valence-corrected chi connectivity index (χ2v) is 16.6. The van der Waals surface area contributed by atoms with Gasteiger partial charge in [-0.25, -0.2) is 19.4 Å². The van der Waals surface area contributed by atoms with E-state index in [0.717, 1.165) is 20.9 Å². The van der Waals surface area contributed by atoms with E-state index in [-0.39, 0.29) is 51.2 Å². The van der Waals surface area contributed by atoms with E-state index >= 15 is 0 Å². The number of likely N-dealkylation sites (tertiary alicyclic amines) is 2. The smallest absolute Gasteiger partial charge is 0.310 e. The van der Waals surface area contributed by atoms with Gasteiger partial charge < -0.3 is 9.80 Å². The summed E-state index contributed by atoms with van der Waals surface area (Å²) < 4.78 is 0. The Labute approximate surface area is 348 Å². The molecule has 57 heavy (non-hydrogen) atoms. The summed E-state index contributed by atoms with van der Waals surface area (Å²) in [6.07, 6.45) is 0. The SMILES string of the molecule is CN1C(=O)N(c2cc(Cl)cc(Cl)c2)C(=O)[C@]12CN(CN1C[C@@H](c3ccc(C#N)cc3)[C@]3(C1)C(=O)N(c1cc(Cl)cc(Cl)c1)C(=O)N3C)CC2c1ccc(C#N)cc1. The predicted octanol–water partition coefficient (Wildman–Crippen LogP) is 7.17. The summed E-state index contributed by atoms with van der Waals surface area (Å²) in [5.41, 5.74) is 0.161. The maximum Gasteiger partial charge on any atom is 0.332 e. The summed E-state index contributed by atoms with van der Waals surface area (Å²) in [5.74, 6) is -1.97. The van der Waals surface area contributed by atoms with Crippen molar-refractivity contribution in [1.82, 2.24) is 19.6 Å². The van der Waals surface area contributed by atoms with Gasteiger partial charge in [-0.15, -0.1) is 0 Å². The lowest BCUT2D eigenvalue weighted by molar-refractivity contribution is -0.125. The van der Waals surface area contributed by atoms with Crippen LogP contribution in [0.4, 0.5) is 21.0 Å². The number of hydrogen-bond acceptors (Lipinski definition) is 8. The standard InChI is InChI=1S/C41H32Cl4N8O4/c1-48-38(56)52(32-13-28(42)11-29(43)14-32)36(54)40(48)21-50(19-34(40)26-7-3-24(17-46)4-8-26)23-51-20-35(27-9-5-25(18-47)6-10-27)41(22-51)37(55)53(39(57)49(41)2)33-15-30(44)12-31(45)16-33/h3-16,34-35H,19-23H2,1-2H3/t34-,35?,40+,41+/m0/s1. The summed E-state index contributed by atoms with van der Waals surface area (Å²) in [6, 6.07) is 26.3. The first-order valence-corrected chi connectivity index (χ1v) is 19.3. The molecule has 4 aromatic carbocycles. The fraction of sp³-hybridized carbons (Fsp3) is 0.268. The second-order valence-electron chi connectivity index (χ2n) is 14.8. The first kappa shape index (κ1) is 38.7. The third-order valence-corrected chi connectivity index (χ3v) is 12.6. The summed E-state index contributed by atoms with van der Waals surface area (Å²) in [7, 11) is 3.21. The molecule has 4 atom stereocenters. The second kappa shape index (κ2) is 14.3. The molecule has 0 aromatic heterocycles. The van der Waals surface area contributed by atoms with E-state index < -0.39 is 46.8 Å². The van der Waals surface area contributed by atoms with E-state index in [4.69, 9.17) is 46.4 Å². The quantitative estimate of drug-likeness (QED) is 0.187. The molecule has 4 aliphatic rings. The number of carbonyl (C=O) groups is 4. The number of nitrogens with zero attached hydrogens (tertiary/aromatic N) is 8. The van der Waals surface area contributed by atoms with Crippen LogP contribution in [0, 0.1) is 22.7 Å². The lowest BCUT2D eigenvalue weighted by atomic mass is 9.80. The van der Waals surface area contributed by atoms with E-state index in [2.05, 4.69) is 21.9 Å². The minimum Gasteiger partial charge on any atom is -0.310 e. The van der Waals surface area contributed by atoms with Crippen LogP contribution in [0.25, 0.3) is 0 Å². The van der Waals surface area contributed by atoms with Gasteiger partial charge in [0.05, 0.1) is 41.3 Å². The lowest BCUT2D eigenvalue weighted by Gasteiger charge is -2.34. The van der Waals surface area contributed by atoms with E-state index in [0.29, 0.717) is 24.2 Å². The molecule has 4 heterocycles. The minimum absolute atomic E-state index is 0.129. The fourth-order valence-electron chi connectivity index (χ4n) is 9.08. The highest BCUT2D eigenvalue weighted by Crippen LogP contribution is 2.49. The van der Waals surface area contributed by atoms with Crippen molar-refractivity contribution in [3.8, 4) is 12.1 Å². The van der Waals surface area contributed by atoms with Gasteiger partial charge in [0.2, 0.25) is 0 Å². The number of amides is 6. The number of rotatable bonds is 6. The Morgan fingerprint density at radius 2 is 0.912 bits per heavy atom. The average molecular weight is 843 g/mol. The molecule has 0 aliphatic carbocycles. The lowest BCUT2D eigenvalue weighted by Crippen LogP contribution is -2.55. The number of hydrogen-bond donors (Lipinski definition) is 0. The zero-order chi connectivity index (χ0) is 40.6. The van der Waals surface area contributed by atoms with Crippen molar-refractivity contribution < 1.29 is 19.2 Å². The van der Waals surface area contributed by atoms with E-state index in [1.165, 1.54) is 46.2 Å². The highest BCUT2D eigenvalue weighted by molar-refractivity contribution is 6.36. The van der Waals surface area contributed by atoms with Gasteiger partial charge in [0.25, 0.3) is 11.8 Å². The van der Waals surface area contributed by atoms with Crippen LogP contribution in [0.3, 0.4) is 0 Å². The molecule has 6 amide bonds. The van der Waals surface area contributed by atoms with Gasteiger partial charge in [0.15, 0.2) is 0 Å². The number of benzene rings is 4. The monoisotopic (exact) mass is 840 g/mol. The van der Waals surface area contributed by atoms with Crippen LogP contribution < -0.4 is 9.80 Å². The van der Waals surface area contributed by atoms with Crippen molar-refractivity contribution in [2.45, 2.75) is 22.9 Å². The summed E-state index contributed by atoms with van der Waals surface area (Å²) in [4.78, 5) is 67.2. The number of halogens is 4. The van der Waals surface area contributed by atoms with Gasteiger partial charge in [-0.05, 0) is 71.8 Å². The Morgan fingerprint density at radius 3 is 1.23 bits per heavy atom.